The van der Waals surface area contributed by atoms with Crippen LogP contribution in [0.3, 0.4) is 0 Å². The van der Waals surface area contributed by atoms with Crippen LogP contribution in [0.2, 0.25) is 0 Å². The number of carbonyl (C=O) groups excluding carboxylic acids is 1. The molecule has 120 valence electrons. The maximum absolute atomic E-state index is 12.5. The van der Waals surface area contributed by atoms with Crippen molar-refractivity contribution < 1.29 is 9.53 Å². The maximum atomic E-state index is 12.5. The van der Waals surface area contributed by atoms with E-state index in [1.54, 1.807) is 12.1 Å². The van der Waals surface area contributed by atoms with Crippen molar-refractivity contribution in [2.75, 3.05) is 20.2 Å². The molecule has 0 unspecified atom stereocenters. The Morgan fingerprint density at radius 1 is 1.22 bits per heavy atom. The van der Waals surface area contributed by atoms with Crippen LogP contribution in [-0.2, 0) is 0 Å². The normalized spacial score (nSPS) is 17.3. The molecule has 1 aromatic heterocycles. The van der Waals surface area contributed by atoms with Gasteiger partial charge in [0.25, 0.3) is 5.91 Å². The van der Waals surface area contributed by atoms with Crippen LogP contribution in [0.25, 0.3) is 0 Å². The Labute approximate surface area is 136 Å². The largest absolute Gasteiger partial charge is 0.480 e. The van der Waals surface area contributed by atoms with E-state index in [4.69, 9.17) is 4.74 Å². The fourth-order valence-corrected chi connectivity index (χ4v) is 3.19. The zero-order valence-electron chi connectivity index (χ0n) is 13.7. The van der Waals surface area contributed by atoms with E-state index in [2.05, 4.69) is 42.2 Å². The fourth-order valence-electron chi connectivity index (χ4n) is 3.19. The summed E-state index contributed by atoms with van der Waals surface area (Å²) in [6, 6.07) is 9.86. The summed E-state index contributed by atoms with van der Waals surface area (Å²) in [5.74, 6) is 0.745. The molecule has 0 saturated carbocycles. The molecular formula is C18H21N3O2. The Morgan fingerprint density at radius 2 is 2.04 bits per heavy atom. The van der Waals surface area contributed by atoms with Crippen molar-refractivity contribution in [3.63, 3.8) is 0 Å². The second-order valence-electron chi connectivity index (χ2n) is 6.06. The van der Waals surface area contributed by atoms with E-state index in [0.29, 0.717) is 17.5 Å². The molecule has 0 radical (unpaired) electrons. The lowest BCUT2D eigenvalue weighted by molar-refractivity contribution is 0.0783. The summed E-state index contributed by atoms with van der Waals surface area (Å²) in [6.07, 6.45) is 0.985. The highest BCUT2D eigenvalue weighted by atomic mass is 16.5. The van der Waals surface area contributed by atoms with Gasteiger partial charge in [-0.15, -0.1) is 10.2 Å². The average Bonchev–Trinajstić information content (AvgIpc) is 3.04. The molecular weight excluding hydrogens is 290 g/mol. The number of aromatic nitrogens is 2. The molecule has 1 aliphatic rings. The van der Waals surface area contributed by atoms with E-state index < -0.39 is 0 Å². The van der Waals surface area contributed by atoms with Gasteiger partial charge in [0.05, 0.1) is 7.11 Å². The smallest absolute Gasteiger partial charge is 0.274 e. The van der Waals surface area contributed by atoms with Gasteiger partial charge in [-0.2, -0.15) is 0 Å². The van der Waals surface area contributed by atoms with Crippen LogP contribution in [0, 0.1) is 13.8 Å². The van der Waals surface area contributed by atoms with E-state index in [-0.39, 0.29) is 5.91 Å². The van der Waals surface area contributed by atoms with E-state index in [0.717, 1.165) is 19.5 Å². The van der Waals surface area contributed by atoms with E-state index >= 15 is 0 Å². The third-order valence-corrected chi connectivity index (χ3v) is 4.41. The monoisotopic (exact) mass is 311 g/mol. The van der Waals surface area contributed by atoms with Gasteiger partial charge in [0.15, 0.2) is 5.69 Å². The van der Waals surface area contributed by atoms with E-state index in [1.165, 1.54) is 23.8 Å². The second-order valence-corrected chi connectivity index (χ2v) is 6.06. The molecule has 3 rings (SSSR count). The average molecular weight is 311 g/mol. The number of methoxy groups -OCH3 is 1. The summed E-state index contributed by atoms with van der Waals surface area (Å²) in [5, 5.41) is 7.83. The van der Waals surface area contributed by atoms with Crippen molar-refractivity contribution in [3.05, 3.63) is 52.7 Å². The van der Waals surface area contributed by atoms with Crippen LogP contribution in [0.5, 0.6) is 5.88 Å². The van der Waals surface area contributed by atoms with Gasteiger partial charge in [0.1, 0.15) is 0 Å². The first-order valence-electron chi connectivity index (χ1n) is 7.82. The van der Waals surface area contributed by atoms with Crippen LogP contribution in [0.4, 0.5) is 0 Å². The van der Waals surface area contributed by atoms with Crippen molar-refractivity contribution in [2.24, 2.45) is 0 Å². The number of likely N-dealkylation sites (tertiary alicyclic amines) is 1. The number of benzene rings is 1. The molecule has 0 bridgehead atoms. The molecule has 1 amide bonds. The molecule has 0 N–H and O–H groups in total. The quantitative estimate of drug-likeness (QED) is 0.874. The molecule has 2 aromatic rings. The molecule has 1 fully saturated rings. The molecule has 2 heterocycles. The van der Waals surface area contributed by atoms with Gasteiger partial charge in [0.2, 0.25) is 5.88 Å². The SMILES string of the molecule is COc1ccc(C(=O)N2CC[C@@H](c3ccc(C)cc3C)C2)nn1. The Balaban J connectivity index is 1.72. The molecule has 0 spiro atoms. The number of hydrogen-bond donors (Lipinski definition) is 0. The van der Waals surface area contributed by atoms with Gasteiger partial charge < -0.3 is 9.64 Å². The van der Waals surface area contributed by atoms with Gasteiger partial charge in [0, 0.05) is 25.1 Å². The van der Waals surface area contributed by atoms with E-state index in [9.17, 15) is 4.79 Å². The third kappa shape index (κ3) is 3.18. The first-order chi connectivity index (χ1) is 11.1. The molecule has 1 saturated heterocycles. The predicted octanol–water partition coefficient (Wildman–Crippen LogP) is 2.73. The Kier molecular flexibility index (Phi) is 4.28. The molecule has 23 heavy (non-hydrogen) atoms. The molecule has 1 atom stereocenters. The lowest BCUT2D eigenvalue weighted by Crippen LogP contribution is -2.29. The highest BCUT2D eigenvalue weighted by Crippen LogP contribution is 2.30. The van der Waals surface area contributed by atoms with E-state index in [1.807, 2.05) is 4.90 Å². The number of rotatable bonds is 3. The Hall–Kier alpha value is -2.43. The summed E-state index contributed by atoms with van der Waals surface area (Å²) in [4.78, 5) is 14.4. The van der Waals surface area contributed by atoms with Crippen molar-refractivity contribution in [3.8, 4) is 5.88 Å². The van der Waals surface area contributed by atoms with Crippen molar-refractivity contribution in [2.45, 2.75) is 26.2 Å². The fraction of sp³-hybridized carbons (Fsp3) is 0.389. The molecule has 1 aliphatic heterocycles. The Morgan fingerprint density at radius 3 is 2.70 bits per heavy atom. The lowest BCUT2D eigenvalue weighted by Gasteiger charge is -2.17. The summed E-state index contributed by atoms with van der Waals surface area (Å²) in [5.41, 5.74) is 4.28. The maximum Gasteiger partial charge on any atom is 0.274 e. The van der Waals surface area contributed by atoms with Gasteiger partial charge >= 0.3 is 0 Å². The summed E-state index contributed by atoms with van der Waals surface area (Å²) in [7, 11) is 1.53. The first-order valence-corrected chi connectivity index (χ1v) is 7.82. The minimum Gasteiger partial charge on any atom is -0.480 e. The van der Waals surface area contributed by atoms with Gasteiger partial charge in [-0.25, -0.2) is 0 Å². The van der Waals surface area contributed by atoms with Crippen LogP contribution >= 0.6 is 0 Å². The third-order valence-electron chi connectivity index (χ3n) is 4.41. The van der Waals surface area contributed by atoms with Crippen LogP contribution in [0.1, 0.15) is 39.5 Å². The molecule has 5 heteroatoms. The topological polar surface area (TPSA) is 55.3 Å². The lowest BCUT2D eigenvalue weighted by atomic mass is 9.93. The van der Waals surface area contributed by atoms with Crippen molar-refractivity contribution in [1.82, 2.24) is 15.1 Å². The number of carbonyl (C=O) groups is 1. The minimum absolute atomic E-state index is 0.0626. The standard InChI is InChI=1S/C18H21N3O2/c1-12-4-5-15(13(2)10-12)14-8-9-21(11-14)18(22)16-6-7-17(23-3)20-19-16/h4-7,10,14H,8-9,11H2,1-3H3/t14-/m1/s1. The van der Waals surface area contributed by atoms with Crippen LogP contribution in [-0.4, -0.2) is 41.2 Å². The van der Waals surface area contributed by atoms with Gasteiger partial charge in [-0.05, 0) is 37.5 Å². The number of aryl methyl sites for hydroxylation is 2. The number of hydrogen-bond acceptors (Lipinski definition) is 4. The summed E-state index contributed by atoms with van der Waals surface area (Å²) in [6.45, 7) is 5.73. The number of amides is 1. The minimum atomic E-state index is -0.0626. The zero-order chi connectivity index (χ0) is 16.4. The zero-order valence-corrected chi connectivity index (χ0v) is 13.7. The number of ether oxygens (including phenoxy) is 1. The number of nitrogens with zero attached hydrogens (tertiary/aromatic N) is 3. The highest BCUT2D eigenvalue weighted by molar-refractivity contribution is 5.92. The molecule has 0 aliphatic carbocycles. The molecule has 5 nitrogen and oxygen atoms in total. The Bertz CT molecular complexity index is 713. The van der Waals surface area contributed by atoms with Gasteiger partial charge in [-0.1, -0.05) is 23.8 Å². The summed E-state index contributed by atoms with van der Waals surface area (Å²) < 4.78 is 4.97. The van der Waals surface area contributed by atoms with Crippen molar-refractivity contribution in [1.29, 1.82) is 0 Å². The second kappa shape index (κ2) is 6.36. The van der Waals surface area contributed by atoms with Gasteiger partial charge in [-0.3, -0.25) is 4.79 Å². The van der Waals surface area contributed by atoms with Crippen molar-refractivity contribution >= 4 is 5.91 Å². The molecule has 1 aromatic carbocycles. The first kappa shape index (κ1) is 15.5. The highest BCUT2D eigenvalue weighted by Gasteiger charge is 2.29. The van der Waals surface area contributed by atoms with Crippen LogP contribution < -0.4 is 4.74 Å². The summed E-state index contributed by atoms with van der Waals surface area (Å²) >= 11 is 0. The van der Waals surface area contributed by atoms with Crippen LogP contribution in [0.15, 0.2) is 30.3 Å². The predicted molar refractivity (Wildman–Crippen MR) is 87.8 cm³/mol.